The highest BCUT2D eigenvalue weighted by Crippen LogP contribution is 2.17. The number of pyridine rings is 1. The Morgan fingerprint density at radius 2 is 1.97 bits per heavy atom. The van der Waals surface area contributed by atoms with Gasteiger partial charge in [-0.2, -0.15) is 0 Å². The lowest BCUT2D eigenvalue weighted by Gasteiger charge is -2.33. The number of guanidine groups is 1. The molecule has 1 fully saturated rings. The minimum Gasteiger partial charge on any atom is -0.357 e. The van der Waals surface area contributed by atoms with Crippen LogP contribution in [0, 0.1) is 13.8 Å². The first-order valence-corrected chi connectivity index (χ1v) is 10.7. The van der Waals surface area contributed by atoms with Crippen molar-refractivity contribution in [1.82, 2.24) is 25.5 Å². The zero-order chi connectivity index (χ0) is 19.9. The van der Waals surface area contributed by atoms with Crippen molar-refractivity contribution in [2.75, 3.05) is 44.7 Å². The molecule has 0 unspecified atom stereocenters. The van der Waals surface area contributed by atoms with E-state index in [9.17, 15) is 0 Å². The number of rotatable bonds is 6. The van der Waals surface area contributed by atoms with Crippen molar-refractivity contribution in [2.24, 2.45) is 4.99 Å². The van der Waals surface area contributed by atoms with Crippen molar-refractivity contribution in [1.29, 1.82) is 0 Å². The molecule has 0 aliphatic carbocycles. The van der Waals surface area contributed by atoms with E-state index >= 15 is 0 Å². The van der Waals surface area contributed by atoms with Crippen molar-refractivity contribution in [3.8, 4) is 0 Å². The predicted molar refractivity (Wildman–Crippen MR) is 133 cm³/mol. The van der Waals surface area contributed by atoms with Gasteiger partial charge in [0.05, 0.1) is 18.8 Å². The van der Waals surface area contributed by atoms with E-state index in [1.165, 1.54) is 10.4 Å². The number of nitrogens with zero attached hydrogens (tertiary/aromatic N) is 5. The Hall–Kier alpha value is -1.46. The van der Waals surface area contributed by atoms with E-state index in [1.807, 2.05) is 12.3 Å². The summed E-state index contributed by atoms with van der Waals surface area (Å²) in [7, 11) is 2.17. The predicted octanol–water partition coefficient (Wildman–Crippen LogP) is 2.78. The van der Waals surface area contributed by atoms with Crippen LogP contribution < -0.4 is 15.5 Å². The minimum atomic E-state index is 0. The van der Waals surface area contributed by atoms with Crippen LogP contribution in [0.25, 0.3) is 0 Å². The molecule has 0 radical (unpaired) electrons. The van der Waals surface area contributed by atoms with Gasteiger partial charge in [0.25, 0.3) is 0 Å². The Kier molecular flexibility index (Phi) is 9.57. The van der Waals surface area contributed by atoms with Gasteiger partial charge in [-0.25, -0.2) is 15.0 Å². The summed E-state index contributed by atoms with van der Waals surface area (Å²) in [5.74, 6) is 1.86. The van der Waals surface area contributed by atoms with Crippen LogP contribution in [0.5, 0.6) is 0 Å². The summed E-state index contributed by atoms with van der Waals surface area (Å²) >= 11 is 1.73. The molecule has 0 aromatic carbocycles. The number of nitrogens with one attached hydrogen (secondary N) is 2. The number of likely N-dealkylation sites (N-methyl/N-ethyl adjacent to an activating group) is 1. The van der Waals surface area contributed by atoms with E-state index in [1.54, 1.807) is 11.3 Å². The average Bonchev–Trinajstić information content (AvgIpc) is 3.02. The van der Waals surface area contributed by atoms with E-state index in [4.69, 9.17) is 4.99 Å². The van der Waals surface area contributed by atoms with Crippen LogP contribution in [0.4, 0.5) is 5.82 Å². The SMILES string of the molecule is CCNC(=NCc1ccnc(N2CCN(C)CC2)c1)NCc1nc(C)c(C)s1.I. The second-order valence-corrected chi connectivity index (χ2v) is 8.40. The summed E-state index contributed by atoms with van der Waals surface area (Å²) in [5.41, 5.74) is 2.28. The summed E-state index contributed by atoms with van der Waals surface area (Å²) in [6.45, 7) is 12.6. The molecule has 3 heterocycles. The highest BCUT2D eigenvalue weighted by Gasteiger charge is 2.15. The molecule has 29 heavy (non-hydrogen) atoms. The number of aliphatic imine (C=N–C) groups is 1. The molecule has 9 heteroatoms. The maximum absolute atomic E-state index is 4.74. The van der Waals surface area contributed by atoms with Gasteiger partial charge in [-0.1, -0.05) is 0 Å². The number of aryl methyl sites for hydroxylation is 2. The summed E-state index contributed by atoms with van der Waals surface area (Å²) in [6, 6.07) is 4.20. The lowest BCUT2D eigenvalue weighted by molar-refractivity contribution is 0.312. The van der Waals surface area contributed by atoms with Crippen LogP contribution in [0.1, 0.15) is 28.1 Å². The van der Waals surface area contributed by atoms with Gasteiger partial charge in [0.2, 0.25) is 0 Å². The Morgan fingerprint density at radius 3 is 2.62 bits per heavy atom. The van der Waals surface area contributed by atoms with E-state index in [-0.39, 0.29) is 24.0 Å². The molecule has 3 rings (SSSR count). The third kappa shape index (κ3) is 7.07. The van der Waals surface area contributed by atoms with Gasteiger partial charge < -0.3 is 20.4 Å². The monoisotopic (exact) mass is 529 g/mol. The molecule has 0 atom stereocenters. The fourth-order valence-electron chi connectivity index (χ4n) is 3.05. The third-order valence-electron chi connectivity index (χ3n) is 4.88. The Morgan fingerprint density at radius 1 is 1.21 bits per heavy atom. The molecule has 0 amide bonds. The van der Waals surface area contributed by atoms with Gasteiger partial charge in [-0.15, -0.1) is 35.3 Å². The number of hydrogen-bond donors (Lipinski definition) is 2. The van der Waals surface area contributed by atoms with Crippen molar-refractivity contribution >= 4 is 47.1 Å². The molecular formula is C20H32IN7S. The lowest BCUT2D eigenvalue weighted by atomic mass is 10.2. The topological polar surface area (TPSA) is 68.7 Å². The summed E-state index contributed by atoms with van der Waals surface area (Å²) in [5, 5.41) is 7.78. The largest absolute Gasteiger partial charge is 0.357 e. The standard InChI is InChI=1S/C20H31N7S.HI/c1-5-21-20(24-14-19-25-15(2)16(3)28-19)23-13-17-6-7-22-18(12-17)27-10-8-26(4)9-11-27;/h6-7,12H,5,8-11,13-14H2,1-4H3,(H2,21,23,24);1H. The van der Waals surface area contributed by atoms with E-state index in [0.29, 0.717) is 13.1 Å². The average molecular weight is 529 g/mol. The van der Waals surface area contributed by atoms with Crippen molar-refractivity contribution in [3.05, 3.63) is 39.5 Å². The van der Waals surface area contributed by atoms with Gasteiger partial charge in [-0.3, -0.25) is 0 Å². The summed E-state index contributed by atoms with van der Waals surface area (Å²) in [4.78, 5) is 19.9. The van der Waals surface area contributed by atoms with Crippen LogP contribution in [0.15, 0.2) is 23.3 Å². The molecule has 2 aromatic heterocycles. The fourth-order valence-corrected chi connectivity index (χ4v) is 3.93. The van der Waals surface area contributed by atoms with Crippen molar-refractivity contribution in [3.63, 3.8) is 0 Å². The molecule has 0 bridgehead atoms. The van der Waals surface area contributed by atoms with Crippen LogP contribution in [-0.2, 0) is 13.1 Å². The van der Waals surface area contributed by atoms with E-state index < -0.39 is 0 Å². The van der Waals surface area contributed by atoms with E-state index in [0.717, 1.165) is 55.2 Å². The lowest BCUT2D eigenvalue weighted by Crippen LogP contribution is -2.44. The molecule has 160 valence electrons. The molecule has 1 saturated heterocycles. The molecular weight excluding hydrogens is 497 g/mol. The van der Waals surface area contributed by atoms with Crippen LogP contribution in [0.3, 0.4) is 0 Å². The molecule has 0 spiro atoms. The Labute approximate surface area is 195 Å². The zero-order valence-electron chi connectivity index (χ0n) is 17.7. The van der Waals surface area contributed by atoms with Crippen LogP contribution in [0.2, 0.25) is 0 Å². The second-order valence-electron chi connectivity index (χ2n) is 7.11. The number of piperazine rings is 1. The smallest absolute Gasteiger partial charge is 0.191 e. The molecule has 2 N–H and O–H groups in total. The molecule has 0 saturated carbocycles. The second kappa shape index (κ2) is 11.7. The van der Waals surface area contributed by atoms with Gasteiger partial charge in [0.15, 0.2) is 5.96 Å². The van der Waals surface area contributed by atoms with Gasteiger partial charge in [0, 0.05) is 43.8 Å². The minimum absolute atomic E-state index is 0. The van der Waals surface area contributed by atoms with E-state index in [2.05, 4.69) is 64.3 Å². The third-order valence-corrected chi connectivity index (χ3v) is 5.95. The van der Waals surface area contributed by atoms with Crippen LogP contribution >= 0.6 is 35.3 Å². The number of thiazole rings is 1. The number of halogens is 1. The molecule has 7 nitrogen and oxygen atoms in total. The van der Waals surface area contributed by atoms with Gasteiger partial charge >= 0.3 is 0 Å². The van der Waals surface area contributed by atoms with Gasteiger partial charge in [-0.05, 0) is 45.5 Å². The van der Waals surface area contributed by atoms with Crippen molar-refractivity contribution in [2.45, 2.75) is 33.9 Å². The molecule has 1 aliphatic rings. The quantitative estimate of drug-likeness (QED) is 0.341. The Balaban J connectivity index is 0.00000300. The van der Waals surface area contributed by atoms with Gasteiger partial charge in [0.1, 0.15) is 10.8 Å². The number of hydrogen-bond acceptors (Lipinski definition) is 6. The van der Waals surface area contributed by atoms with Crippen molar-refractivity contribution < 1.29 is 0 Å². The highest BCUT2D eigenvalue weighted by molar-refractivity contribution is 14.0. The first kappa shape index (κ1) is 23.8. The normalized spacial score (nSPS) is 15.2. The highest BCUT2D eigenvalue weighted by atomic mass is 127. The molecule has 2 aromatic rings. The molecule has 1 aliphatic heterocycles. The maximum Gasteiger partial charge on any atom is 0.191 e. The fraction of sp³-hybridized carbons (Fsp3) is 0.550. The maximum atomic E-state index is 4.74. The number of aromatic nitrogens is 2. The summed E-state index contributed by atoms with van der Waals surface area (Å²) in [6.07, 6.45) is 1.89. The number of anilines is 1. The first-order chi connectivity index (χ1) is 13.5. The Bertz CT molecular complexity index is 780. The van der Waals surface area contributed by atoms with Crippen LogP contribution in [-0.4, -0.2) is 60.6 Å². The zero-order valence-corrected chi connectivity index (χ0v) is 20.9. The first-order valence-electron chi connectivity index (χ1n) is 9.88. The summed E-state index contributed by atoms with van der Waals surface area (Å²) < 4.78 is 0.